The molecule has 1 aliphatic heterocycles. The van der Waals surface area contributed by atoms with Crippen molar-refractivity contribution in [2.75, 3.05) is 45.7 Å². The number of hydrogen-bond acceptors (Lipinski definition) is 4. The lowest BCUT2D eigenvalue weighted by Gasteiger charge is -2.35. The van der Waals surface area contributed by atoms with Crippen molar-refractivity contribution in [2.24, 2.45) is 0 Å². The number of benzene rings is 1. The lowest BCUT2D eigenvalue weighted by atomic mass is 10.2. The van der Waals surface area contributed by atoms with Gasteiger partial charge in [-0.15, -0.1) is 0 Å². The van der Waals surface area contributed by atoms with Crippen LogP contribution in [0.25, 0.3) is 0 Å². The molecule has 120 valence electrons. The van der Waals surface area contributed by atoms with Gasteiger partial charge in [-0.05, 0) is 24.4 Å². The third-order valence-electron chi connectivity index (χ3n) is 3.66. The molecule has 1 fully saturated rings. The number of hydrogen-bond donors (Lipinski definition) is 1. The minimum Gasteiger partial charge on any atom is -0.497 e. The lowest BCUT2D eigenvalue weighted by molar-refractivity contribution is -0.130. The second kappa shape index (κ2) is 7.31. The Morgan fingerprint density at radius 2 is 1.77 bits per heavy atom. The molecule has 0 bridgehead atoms. The highest BCUT2D eigenvalue weighted by Crippen LogP contribution is 2.29. The van der Waals surface area contributed by atoms with Gasteiger partial charge in [-0.25, -0.2) is 0 Å². The van der Waals surface area contributed by atoms with E-state index in [1.165, 1.54) is 0 Å². The summed E-state index contributed by atoms with van der Waals surface area (Å²) in [5.74, 6) is 1.50. The molecule has 2 rings (SSSR count). The zero-order valence-corrected chi connectivity index (χ0v) is 13.9. The van der Waals surface area contributed by atoms with E-state index < -0.39 is 0 Å². The summed E-state index contributed by atoms with van der Waals surface area (Å²) in [6.45, 7) is 4.43. The van der Waals surface area contributed by atoms with Crippen molar-refractivity contribution in [3.8, 4) is 11.5 Å². The average molecular weight is 323 g/mol. The standard InChI is InChI=1S/C15H21N3O3S/c1-11(19)17-6-8-18(9-7-17)15(22)16-13-5-4-12(20-2)10-14(13)21-3/h4-5,10H,6-9H2,1-3H3,(H,16,22). The maximum absolute atomic E-state index is 11.3. The van der Waals surface area contributed by atoms with Crippen molar-refractivity contribution >= 4 is 28.9 Å². The summed E-state index contributed by atoms with van der Waals surface area (Å²) in [7, 11) is 3.22. The molecule has 0 saturated carbocycles. The Bertz CT molecular complexity index is 557. The van der Waals surface area contributed by atoms with E-state index in [2.05, 4.69) is 10.2 Å². The molecule has 1 saturated heterocycles. The first-order valence-electron chi connectivity index (χ1n) is 7.08. The van der Waals surface area contributed by atoms with Crippen LogP contribution in [-0.2, 0) is 4.79 Å². The van der Waals surface area contributed by atoms with Gasteiger partial charge in [0.2, 0.25) is 5.91 Å². The van der Waals surface area contributed by atoms with E-state index in [1.54, 1.807) is 27.2 Å². The second-order valence-electron chi connectivity index (χ2n) is 4.99. The molecule has 22 heavy (non-hydrogen) atoms. The Kier molecular flexibility index (Phi) is 5.43. The van der Waals surface area contributed by atoms with E-state index in [0.717, 1.165) is 24.5 Å². The molecule has 1 aromatic carbocycles. The quantitative estimate of drug-likeness (QED) is 0.852. The van der Waals surface area contributed by atoms with Gasteiger partial charge in [0.25, 0.3) is 0 Å². The van der Waals surface area contributed by atoms with E-state index >= 15 is 0 Å². The molecule has 0 spiro atoms. The fourth-order valence-electron chi connectivity index (χ4n) is 2.32. The van der Waals surface area contributed by atoms with Crippen LogP contribution in [0.4, 0.5) is 5.69 Å². The first-order chi connectivity index (χ1) is 10.5. The molecule has 1 amide bonds. The largest absolute Gasteiger partial charge is 0.497 e. The monoisotopic (exact) mass is 323 g/mol. The van der Waals surface area contributed by atoms with Crippen LogP contribution in [0.1, 0.15) is 6.92 Å². The van der Waals surface area contributed by atoms with Crippen LogP contribution in [0, 0.1) is 0 Å². The molecule has 6 nitrogen and oxygen atoms in total. The highest BCUT2D eigenvalue weighted by atomic mass is 32.1. The molecule has 1 N–H and O–H groups in total. The Labute approximate surface area is 136 Å². The van der Waals surface area contributed by atoms with Crippen molar-refractivity contribution in [2.45, 2.75) is 6.92 Å². The smallest absolute Gasteiger partial charge is 0.219 e. The van der Waals surface area contributed by atoms with Crippen molar-refractivity contribution in [3.63, 3.8) is 0 Å². The lowest BCUT2D eigenvalue weighted by Crippen LogP contribution is -2.51. The summed E-state index contributed by atoms with van der Waals surface area (Å²) in [4.78, 5) is 15.2. The number of carbonyl (C=O) groups is 1. The fraction of sp³-hybridized carbons (Fsp3) is 0.467. The van der Waals surface area contributed by atoms with Gasteiger partial charge in [0, 0.05) is 39.2 Å². The summed E-state index contributed by atoms with van der Waals surface area (Å²) in [6.07, 6.45) is 0. The van der Waals surface area contributed by atoms with Gasteiger partial charge in [0.05, 0.1) is 19.9 Å². The van der Waals surface area contributed by atoms with Crippen molar-refractivity contribution in [1.29, 1.82) is 0 Å². The van der Waals surface area contributed by atoms with Gasteiger partial charge < -0.3 is 24.6 Å². The molecule has 0 unspecified atom stereocenters. The Morgan fingerprint density at radius 1 is 1.14 bits per heavy atom. The van der Waals surface area contributed by atoms with Crippen LogP contribution in [0.2, 0.25) is 0 Å². The van der Waals surface area contributed by atoms with Crippen LogP contribution in [0.15, 0.2) is 18.2 Å². The minimum atomic E-state index is 0.107. The molecule has 1 aromatic rings. The van der Waals surface area contributed by atoms with Gasteiger partial charge >= 0.3 is 0 Å². The molecule has 1 aliphatic rings. The molecular weight excluding hydrogens is 302 g/mol. The number of thiocarbonyl (C=S) groups is 1. The molecule has 1 heterocycles. The van der Waals surface area contributed by atoms with E-state index in [0.29, 0.717) is 24.0 Å². The first kappa shape index (κ1) is 16.4. The number of rotatable bonds is 3. The summed E-state index contributed by atoms with van der Waals surface area (Å²) in [5, 5.41) is 3.83. The number of carbonyl (C=O) groups excluding carboxylic acids is 1. The van der Waals surface area contributed by atoms with E-state index in [1.807, 2.05) is 17.0 Å². The predicted molar refractivity (Wildman–Crippen MR) is 89.6 cm³/mol. The molecule has 0 aromatic heterocycles. The van der Waals surface area contributed by atoms with Crippen LogP contribution in [-0.4, -0.2) is 61.2 Å². The number of methoxy groups -OCH3 is 2. The van der Waals surface area contributed by atoms with Crippen LogP contribution >= 0.6 is 12.2 Å². The van der Waals surface area contributed by atoms with Crippen molar-refractivity contribution in [1.82, 2.24) is 9.80 Å². The van der Waals surface area contributed by atoms with E-state index in [-0.39, 0.29) is 5.91 Å². The topological polar surface area (TPSA) is 54.0 Å². The summed E-state index contributed by atoms with van der Waals surface area (Å²) < 4.78 is 10.5. The third-order valence-corrected chi connectivity index (χ3v) is 4.02. The number of ether oxygens (including phenoxy) is 2. The fourth-order valence-corrected chi connectivity index (χ4v) is 2.61. The van der Waals surface area contributed by atoms with Crippen LogP contribution < -0.4 is 14.8 Å². The molecular formula is C15H21N3O3S. The van der Waals surface area contributed by atoms with Gasteiger partial charge in [0.1, 0.15) is 11.5 Å². The summed E-state index contributed by atoms with van der Waals surface area (Å²) in [6, 6.07) is 5.52. The van der Waals surface area contributed by atoms with Crippen molar-refractivity contribution < 1.29 is 14.3 Å². The van der Waals surface area contributed by atoms with Gasteiger partial charge in [-0.2, -0.15) is 0 Å². The number of nitrogens with one attached hydrogen (secondary N) is 1. The first-order valence-corrected chi connectivity index (χ1v) is 7.49. The molecule has 7 heteroatoms. The second-order valence-corrected chi connectivity index (χ2v) is 5.38. The maximum atomic E-state index is 11.3. The number of piperazine rings is 1. The van der Waals surface area contributed by atoms with E-state index in [4.69, 9.17) is 21.7 Å². The van der Waals surface area contributed by atoms with E-state index in [9.17, 15) is 4.79 Å². The highest BCUT2D eigenvalue weighted by Gasteiger charge is 2.20. The minimum absolute atomic E-state index is 0.107. The highest BCUT2D eigenvalue weighted by molar-refractivity contribution is 7.80. The number of anilines is 1. The Hall–Kier alpha value is -2.02. The maximum Gasteiger partial charge on any atom is 0.219 e. The molecule has 0 aliphatic carbocycles. The van der Waals surface area contributed by atoms with Crippen molar-refractivity contribution in [3.05, 3.63) is 18.2 Å². The Morgan fingerprint density at radius 3 is 2.32 bits per heavy atom. The zero-order chi connectivity index (χ0) is 16.1. The van der Waals surface area contributed by atoms with Gasteiger partial charge in [-0.3, -0.25) is 4.79 Å². The van der Waals surface area contributed by atoms with Crippen LogP contribution in [0.5, 0.6) is 11.5 Å². The van der Waals surface area contributed by atoms with Crippen LogP contribution in [0.3, 0.4) is 0 Å². The molecule has 0 atom stereocenters. The normalized spacial score (nSPS) is 14.5. The average Bonchev–Trinajstić information content (AvgIpc) is 2.55. The van der Waals surface area contributed by atoms with Gasteiger partial charge in [0.15, 0.2) is 5.11 Å². The summed E-state index contributed by atoms with van der Waals surface area (Å²) >= 11 is 5.45. The zero-order valence-electron chi connectivity index (χ0n) is 13.1. The summed E-state index contributed by atoms with van der Waals surface area (Å²) in [5.41, 5.74) is 0.794. The van der Waals surface area contributed by atoms with Gasteiger partial charge in [-0.1, -0.05) is 0 Å². The number of amides is 1. The predicted octanol–water partition coefficient (Wildman–Crippen LogP) is 1.56. The number of nitrogens with zero attached hydrogens (tertiary/aromatic N) is 2. The Balaban J connectivity index is 1.99. The third kappa shape index (κ3) is 3.79. The SMILES string of the molecule is COc1ccc(NC(=S)N2CCN(C(C)=O)CC2)c(OC)c1. The molecule has 0 radical (unpaired) electrons.